The molecule has 1 fully saturated rings. The number of urea groups is 1. The monoisotopic (exact) mass is 415 g/mol. The average molecular weight is 415 g/mol. The highest BCUT2D eigenvalue weighted by molar-refractivity contribution is 5.89. The summed E-state index contributed by atoms with van der Waals surface area (Å²) < 4.78 is 26.4. The van der Waals surface area contributed by atoms with Crippen LogP contribution in [0.4, 0.5) is 19.3 Å². The summed E-state index contributed by atoms with van der Waals surface area (Å²) in [4.78, 5) is 26.5. The SMILES string of the molecule is Cc1cccc(NC(=O)N2CCC[C@H](CCC(=O)NCc3cc(F)cc(F)c3)C2)c1. The molecule has 5 nitrogen and oxygen atoms in total. The van der Waals surface area contributed by atoms with Gasteiger partial charge >= 0.3 is 6.03 Å². The first-order valence-corrected chi connectivity index (χ1v) is 10.2. The molecule has 160 valence electrons. The average Bonchev–Trinajstić information content (AvgIpc) is 2.70. The van der Waals surface area contributed by atoms with Crippen molar-refractivity contribution in [2.24, 2.45) is 5.92 Å². The third kappa shape index (κ3) is 6.54. The van der Waals surface area contributed by atoms with Gasteiger partial charge in [-0.1, -0.05) is 12.1 Å². The predicted octanol–water partition coefficient (Wildman–Crippen LogP) is 4.61. The van der Waals surface area contributed by atoms with Crippen molar-refractivity contribution in [1.82, 2.24) is 10.2 Å². The zero-order chi connectivity index (χ0) is 21.5. The van der Waals surface area contributed by atoms with Crippen LogP contribution in [0.5, 0.6) is 0 Å². The van der Waals surface area contributed by atoms with E-state index in [1.165, 1.54) is 12.1 Å². The number of nitrogens with zero attached hydrogens (tertiary/aromatic N) is 1. The summed E-state index contributed by atoms with van der Waals surface area (Å²) in [5.41, 5.74) is 2.24. The number of nitrogens with one attached hydrogen (secondary N) is 2. The van der Waals surface area contributed by atoms with Gasteiger partial charge in [-0.25, -0.2) is 13.6 Å². The summed E-state index contributed by atoms with van der Waals surface area (Å²) in [5.74, 6) is -1.24. The lowest BCUT2D eigenvalue weighted by molar-refractivity contribution is -0.121. The normalized spacial score (nSPS) is 16.2. The molecular formula is C23H27F2N3O2. The van der Waals surface area contributed by atoms with Crippen molar-refractivity contribution in [1.29, 1.82) is 0 Å². The van der Waals surface area contributed by atoms with Crippen molar-refractivity contribution in [3.05, 3.63) is 65.2 Å². The Hall–Kier alpha value is -2.96. The third-order valence-electron chi connectivity index (χ3n) is 5.27. The smallest absolute Gasteiger partial charge is 0.321 e. The lowest BCUT2D eigenvalue weighted by atomic mass is 9.93. The third-order valence-corrected chi connectivity index (χ3v) is 5.27. The van der Waals surface area contributed by atoms with Gasteiger partial charge < -0.3 is 15.5 Å². The maximum Gasteiger partial charge on any atom is 0.321 e. The summed E-state index contributed by atoms with van der Waals surface area (Å²) in [6, 6.07) is 10.8. The number of anilines is 1. The number of piperidine rings is 1. The molecule has 1 atom stereocenters. The molecule has 0 bridgehead atoms. The summed E-state index contributed by atoms with van der Waals surface area (Å²) in [6.45, 7) is 3.37. The van der Waals surface area contributed by atoms with Gasteiger partial charge in [-0.3, -0.25) is 4.79 Å². The predicted molar refractivity (Wildman–Crippen MR) is 112 cm³/mol. The van der Waals surface area contributed by atoms with Crippen LogP contribution in [0.1, 0.15) is 36.8 Å². The van der Waals surface area contributed by atoms with Gasteiger partial charge in [0.2, 0.25) is 5.91 Å². The lowest BCUT2D eigenvalue weighted by Crippen LogP contribution is -2.42. The minimum absolute atomic E-state index is 0.0865. The van der Waals surface area contributed by atoms with Gasteiger partial charge in [0.05, 0.1) is 0 Å². The largest absolute Gasteiger partial charge is 0.352 e. The van der Waals surface area contributed by atoms with Gasteiger partial charge in [-0.2, -0.15) is 0 Å². The van der Waals surface area contributed by atoms with Crippen LogP contribution in [-0.2, 0) is 11.3 Å². The Morgan fingerprint density at radius 1 is 1.13 bits per heavy atom. The van der Waals surface area contributed by atoms with E-state index in [2.05, 4.69) is 10.6 Å². The summed E-state index contributed by atoms with van der Waals surface area (Å²) >= 11 is 0. The van der Waals surface area contributed by atoms with E-state index < -0.39 is 11.6 Å². The van der Waals surface area contributed by atoms with E-state index in [1.54, 1.807) is 4.90 Å². The van der Waals surface area contributed by atoms with E-state index in [1.807, 2.05) is 31.2 Å². The van der Waals surface area contributed by atoms with Crippen molar-refractivity contribution in [3.63, 3.8) is 0 Å². The van der Waals surface area contributed by atoms with Gasteiger partial charge in [-0.15, -0.1) is 0 Å². The Bertz CT molecular complexity index is 884. The van der Waals surface area contributed by atoms with E-state index in [9.17, 15) is 18.4 Å². The Morgan fingerprint density at radius 3 is 2.63 bits per heavy atom. The van der Waals surface area contributed by atoms with Crippen molar-refractivity contribution >= 4 is 17.6 Å². The van der Waals surface area contributed by atoms with Crippen LogP contribution in [0.2, 0.25) is 0 Å². The summed E-state index contributed by atoms with van der Waals surface area (Å²) in [6.07, 6.45) is 2.85. The van der Waals surface area contributed by atoms with Crippen LogP contribution < -0.4 is 10.6 Å². The van der Waals surface area contributed by atoms with E-state index in [0.717, 1.165) is 30.2 Å². The number of aryl methyl sites for hydroxylation is 1. The Labute approximate surface area is 175 Å². The maximum atomic E-state index is 13.2. The van der Waals surface area contributed by atoms with Gasteiger partial charge in [0.1, 0.15) is 11.6 Å². The van der Waals surface area contributed by atoms with Crippen molar-refractivity contribution in [3.8, 4) is 0 Å². The summed E-state index contributed by atoms with van der Waals surface area (Å²) in [7, 11) is 0. The number of carbonyl (C=O) groups is 2. The molecule has 0 aromatic heterocycles. The topological polar surface area (TPSA) is 61.4 Å². The number of likely N-dealkylation sites (tertiary alicyclic amines) is 1. The first kappa shape index (κ1) is 21.7. The molecule has 7 heteroatoms. The molecule has 30 heavy (non-hydrogen) atoms. The fourth-order valence-corrected chi connectivity index (χ4v) is 3.75. The molecule has 0 radical (unpaired) electrons. The van der Waals surface area contributed by atoms with Gasteiger partial charge in [-0.05, 0) is 67.5 Å². The Kier molecular flexibility index (Phi) is 7.38. The van der Waals surface area contributed by atoms with Gasteiger partial charge in [0.25, 0.3) is 0 Å². The molecule has 2 N–H and O–H groups in total. The second-order valence-corrected chi connectivity index (χ2v) is 7.85. The molecule has 1 aliphatic rings. The van der Waals surface area contributed by atoms with Crippen molar-refractivity contribution in [2.75, 3.05) is 18.4 Å². The number of hydrogen-bond acceptors (Lipinski definition) is 2. The molecule has 0 unspecified atom stereocenters. The van der Waals surface area contributed by atoms with Gasteiger partial charge in [0, 0.05) is 37.8 Å². The highest BCUT2D eigenvalue weighted by Gasteiger charge is 2.24. The quantitative estimate of drug-likeness (QED) is 0.724. The minimum Gasteiger partial charge on any atom is -0.352 e. The Balaban J connectivity index is 1.43. The van der Waals surface area contributed by atoms with E-state index in [4.69, 9.17) is 0 Å². The van der Waals surface area contributed by atoms with Crippen LogP contribution in [0.25, 0.3) is 0 Å². The zero-order valence-electron chi connectivity index (χ0n) is 17.1. The molecule has 1 saturated heterocycles. The lowest BCUT2D eigenvalue weighted by Gasteiger charge is -2.32. The molecule has 2 aromatic rings. The molecular weight excluding hydrogens is 388 g/mol. The maximum absolute atomic E-state index is 13.2. The first-order chi connectivity index (χ1) is 14.4. The summed E-state index contributed by atoms with van der Waals surface area (Å²) in [5, 5.41) is 5.63. The fourth-order valence-electron chi connectivity index (χ4n) is 3.75. The standard InChI is InChI=1S/C23H27F2N3O2/c1-16-4-2-6-21(10-16)27-23(30)28-9-3-5-17(15-28)7-8-22(29)26-14-18-11-19(24)13-20(25)12-18/h2,4,6,10-13,17H,3,5,7-9,14-15H2,1H3,(H,26,29)(H,27,30)/t17-/m1/s1. The molecule has 1 heterocycles. The molecule has 3 amide bonds. The molecule has 3 rings (SSSR count). The van der Waals surface area contributed by atoms with Crippen LogP contribution >= 0.6 is 0 Å². The highest BCUT2D eigenvalue weighted by Crippen LogP contribution is 2.22. The van der Waals surface area contributed by atoms with Crippen molar-refractivity contribution in [2.45, 2.75) is 39.2 Å². The minimum atomic E-state index is -0.662. The number of benzene rings is 2. The first-order valence-electron chi connectivity index (χ1n) is 10.2. The number of amides is 3. The second kappa shape index (κ2) is 10.2. The zero-order valence-corrected chi connectivity index (χ0v) is 17.1. The molecule has 1 aliphatic heterocycles. The van der Waals surface area contributed by atoms with E-state index >= 15 is 0 Å². The number of halogens is 2. The van der Waals surface area contributed by atoms with Crippen LogP contribution in [-0.4, -0.2) is 29.9 Å². The van der Waals surface area contributed by atoms with Gasteiger partial charge in [0.15, 0.2) is 0 Å². The van der Waals surface area contributed by atoms with Crippen LogP contribution in [0, 0.1) is 24.5 Å². The van der Waals surface area contributed by atoms with Crippen molar-refractivity contribution < 1.29 is 18.4 Å². The fraction of sp³-hybridized carbons (Fsp3) is 0.391. The molecule has 2 aromatic carbocycles. The number of hydrogen-bond donors (Lipinski definition) is 2. The van der Waals surface area contributed by atoms with E-state index in [-0.39, 0.29) is 24.4 Å². The molecule has 0 saturated carbocycles. The van der Waals surface area contributed by atoms with E-state index in [0.29, 0.717) is 31.5 Å². The van der Waals surface area contributed by atoms with Crippen LogP contribution in [0.15, 0.2) is 42.5 Å². The Morgan fingerprint density at radius 2 is 1.90 bits per heavy atom. The van der Waals surface area contributed by atoms with Crippen LogP contribution in [0.3, 0.4) is 0 Å². The number of carbonyl (C=O) groups excluding carboxylic acids is 2. The number of rotatable bonds is 6. The molecule has 0 spiro atoms. The second-order valence-electron chi connectivity index (χ2n) is 7.85. The molecule has 0 aliphatic carbocycles. The highest BCUT2D eigenvalue weighted by atomic mass is 19.1.